The number of hydrogen-bond acceptors (Lipinski definition) is 4. The predicted octanol–water partition coefficient (Wildman–Crippen LogP) is -0.283. The molecule has 0 aromatic heterocycles. The van der Waals surface area contributed by atoms with Crippen molar-refractivity contribution in [1.29, 1.82) is 0 Å². The number of aliphatic carboxylic acids is 1. The van der Waals surface area contributed by atoms with E-state index < -0.39 is 17.9 Å². The molecule has 0 radical (unpaired) electrons. The van der Waals surface area contributed by atoms with Crippen LogP contribution in [0.4, 0.5) is 0 Å². The summed E-state index contributed by atoms with van der Waals surface area (Å²) in [5.74, 6) is -1.99. The summed E-state index contributed by atoms with van der Waals surface area (Å²) in [6.07, 6.45) is 2.17. The Morgan fingerprint density at radius 1 is 1.36 bits per heavy atom. The van der Waals surface area contributed by atoms with Gasteiger partial charge in [0.05, 0.1) is 0 Å². The lowest BCUT2D eigenvalue weighted by atomic mass is 10.6. The molecule has 60 valence electrons. The lowest BCUT2D eigenvalue weighted by Gasteiger charge is -1.80. The molecule has 1 aliphatic heterocycles. The fourth-order valence-electron chi connectivity index (χ4n) is 0.303. The Labute approximate surface area is 62.3 Å². The molecular weight excluding hydrogens is 152 g/mol. The highest BCUT2D eigenvalue weighted by molar-refractivity contribution is 6.04. The van der Waals surface area contributed by atoms with E-state index in [-0.39, 0.29) is 0 Å². The number of rotatable bonds is 0. The number of esters is 2. The molecule has 0 aromatic carbocycles. The first-order valence-corrected chi connectivity index (χ1v) is 2.65. The van der Waals surface area contributed by atoms with Gasteiger partial charge in [-0.15, -0.1) is 0 Å². The highest BCUT2D eigenvalue weighted by Gasteiger charge is 2.10. The van der Waals surface area contributed by atoms with Gasteiger partial charge in [0.15, 0.2) is 0 Å². The van der Waals surface area contributed by atoms with E-state index in [9.17, 15) is 9.59 Å². The van der Waals surface area contributed by atoms with Gasteiger partial charge in [-0.2, -0.15) is 0 Å². The van der Waals surface area contributed by atoms with Crippen molar-refractivity contribution in [2.24, 2.45) is 0 Å². The number of carbonyl (C=O) groups is 3. The van der Waals surface area contributed by atoms with E-state index >= 15 is 0 Å². The van der Waals surface area contributed by atoms with Crippen LogP contribution in [-0.4, -0.2) is 23.0 Å². The quantitative estimate of drug-likeness (QED) is 0.387. The number of hydrogen-bond donors (Lipinski definition) is 1. The van der Waals surface area contributed by atoms with E-state index in [1.54, 1.807) is 0 Å². The van der Waals surface area contributed by atoms with Crippen molar-refractivity contribution in [2.75, 3.05) is 0 Å². The van der Waals surface area contributed by atoms with Crippen molar-refractivity contribution in [1.82, 2.24) is 0 Å². The normalized spacial score (nSPS) is 13.5. The zero-order valence-corrected chi connectivity index (χ0v) is 5.73. The lowest BCUT2D eigenvalue weighted by Crippen LogP contribution is -1.96. The van der Waals surface area contributed by atoms with Gasteiger partial charge in [-0.3, -0.25) is 4.79 Å². The zero-order valence-electron chi connectivity index (χ0n) is 5.73. The summed E-state index contributed by atoms with van der Waals surface area (Å²) in [7, 11) is 0. The molecule has 1 aliphatic rings. The Kier molecular flexibility index (Phi) is 3.58. The van der Waals surface area contributed by atoms with E-state index in [2.05, 4.69) is 4.74 Å². The molecule has 0 unspecified atom stereocenters. The molecule has 1 rings (SSSR count). The number of carboxylic acids is 1. The molecule has 11 heavy (non-hydrogen) atoms. The minimum atomic E-state index is -0.833. The zero-order chi connectivity index (χ0) is 8.85. The van der Waals surface area contributed by atoms with Gasteiger partial charge >= 0.3 is 11.9 Å². The second kappa shape index (κ2) is 4.21. The minimum absolute atomic E-state index is 0.579. The first kappa shape index (κ1) is 9.35. The third-order valence-corrected chi connectivity index (χ3v) is 0.557. The molecule has 0 saturated heterocycles. The summed E-state index contributed by atoms with van der Waals surface area (Å²) in [6, 6.07) is 0. The molecule has 0 bridgehead atoms. The monoisotopic (exact) mass is 158 g/mol. The number of ether oxygens (including phenoxy) is 1. The third kappa shape index (κ3) is 6.23. The van der Waals surface area contributed by atoms with Gasteiger partial charge < -0.3 is 9.84 Å². The molecule has 5 heteroatoms. The Hall–Kier alpha value is -1.65. The van der Waals surface area contributed by atoms with Crippen molar-refractivity contribution >= 4 is 17.9 Å². The standard InChI is InChI=1S/C4H2O3.C2H4O2/c5-3-1-2-4(6)7-3;1-2(3)4/h1-2H;1H3,(H,3,4). The maximum Gasteiger partial charge on any atom is 0.338 e. The van der Waals surface area contributed by atoms with E-state index in [0.29, 0.717) is 0 Å². The molecule has 0 amide bonds. The van der Waals surface area contributed by atoms with Crippen molar-refractivity contribution < 1.29 is 24.2 Å². The van der Waals surface area contributed by atoms with Crippen molar-refractivity contribution in [3.63, 3.8) is 0 Å². The van der Waals surface area contributed by atoms with Crippen LogP contribution in [0.1, 0.15) is 6.92 Å². The number of carbonyl (C=O) groups excluding carboxylic acids is 2. The molecule has 0 saturated carbocycles. The second-order valence-electron chi connectivity index (χ2n) is 1.59. The Morgan fingerprint density at radius 2 is 1.64 bits per heavy atom. The fraction of sp³-hybridized carbons (Fsp3) is 0.167. The van der Waals surface area contributed by atoms with Gasteiger partial charge in [0.25, 0.3) is 5.97 Å². The van der Waals surface area contributed by atoms with Gasteiger partial charge in [-0.1, -0.05) is 0 Å². The molecule has 0 aromatic rings. The van der Waals surface area contributed by atoms with Crippen molar-refractivity contribution in [3.8, 4) is 0 Å². The van der Waals surface area contributed by atoms with Gasteiger partial charge in [-0.25, -0.2) is 9.59 Å². The first-order valence-electron chi connectivity index (χ1n) is 2.65. The van der Waals surface area contributed by atoms with E-state index in [0.717, 1.165) is 19.1 Å². The summed E-state index contributed by atoms with van der Waals surface area (Å²) < 4.78 is 3.97. The minimum Gasteiger partial charge on any atom is -0.481 e. The highest BCUT2D eigenvalue weighted by atomic mass is 16.6. The fourth-order valence-corrected chi connectivity index (χ4v) is 0.303. The Morgan fingerprint density at radius 3 is 1.73 bits per heavy atom. The average molecular weight is 158 g/mol. The van der Waals surface area contributed by atoms with Crippen LogP contribution in [0.5, 0.6) is 0 Å². The van der Waals surface area contributed by atoms with Crippen LogP contribution in [-0.2, 0) is 19.1 Å². The second-order valence-corrected chi connectivity index (χ2v) is 1.59. The van der Waals surface area contributed by atoms with Crippen LogP contribution in [0.25, 0.3) is 0 Å². The van der Waals surface area contributed by atoms with Gasteiger partial charge in [-0.05, 0) is 0 Å². The molecule has 0 fully saturated rings. The topological polar surface area (TPSA) is 80.7 Å². The Bertz CT molecular complexity index is 195. The highest BCUT2D eigenvalue weighted by Crippen LogP contribution is 1.92. The number of carboxylic acid groups (broad SMARTS) is 1. The van der Waals surface area contributed by atoms with Crippen LogP contribution in [0.2, 0.25) is 0 Å². The summed E-state index contributed by atoms with van der Waals surface area (Å²) in [4.78, 5) is 28.8. The van der Waals surface area contributed by atoms with Gasteiger partial charge in [0, 0.05) is 19.1 Å². The summed E-state index contributed by atoms with van der Waals surface area (Å²) in [6.45, 7) is 1.08. The first-order chi connectivity index (χ1) is 5.02. The van der Waals surface area contributed by atoms with Crippen LogP contribution >= 0.6 is 0 Å². The molecule has 5 nitrogen and oxygen atoms in total. The Balaban J connectivity index is 0.000000218. The van der Waals surface area contributed by atoms with Crippen LogP contribution in [0.3, 0.4) is 0 Å². The maximum absolute atomic E-state index is 9.92. The lowest BCUT2D eigenvalue weighted by molar-refractivity contribution is -0.150. The summed E-state index contributed by atoms with van der Waals surface area (Å²) in [5, 5.41) is 7.42. The van der Waals surface area contributed by atoms with Gasteiger partial charge in [0.1, 0.15) is 0 Å². The smallest absolute Gasteiger partial charge is 0.338 e. The molecule has 0 aliphatic carbocycles. The summed E-state index contributed by atoms with van der Waals surface area (Å²) in [5.41, 5.74) is 0. The maximum atomic E-state index is 9.92. The molecule has 0 spiro atoms. The SMILES string of the molecule is CC(=O)O.O=C1C=CC(=O)O1. The van der Waals surface area contributed by atoms with E-state index in [1.807, 2.05) is 0 Å². The van der Waals surface area contributed by atoms with E-state index in [4.69, 9.17) is 9.90 Å². The molecule has 1 heterocycles. The average Bonchev–Trinajstić information content (AvgIpc) is 2.13. The van der Waals surface area contributed by atoms with Crippen molar-refractivity contribution in [3.05, 3.63) is 12.2 Å². The van der Waals surface area contributed by atoms with Crippen LogP contribution in [0, 0.1) is 0 Å². The van der Waals surface area contributed by atoms with Crippen molar-refractivity contribution in [2.45, 2.75) is 6.92 Å². The summed E-state index contributed by atoms with van der Waals surface area (Å²) >= 11 is 0. The molecule has 1 N–H and O–H groups in total. The van der Waals surface area contributed by atoms with Gasteiger partial charge in [0.2, 0.25) is 0 Å². The predicted molar refractivity (Wildman–Crippen MR) is 33.5 cm³/mol. The van der Waals surface area contributed by atoms with Crippen LogP contribution < -0.4 is 0 Å². The molecule has 0 atom stereocenters. The molecular formula is C6H6O5. The largest absolute Gasteiger partial charge is 0.481 e. The third-order valence-electron chi connectivity index (χ3n) is 0.557. The van der Waals surface area contributed by atoms with Crippen LogP contribution in [0.15, 0.2) is 12.2 Å². The number of cyclic esters (lactones) is 2. The van der Waals surface area contributed by atoms with E-state index in [1.165, 1.54) is 0 Å².